The lowest BCUT2D eigenvalue weighted by Crippen LogP contribution is -1.94. The van der Waals surface area contributed by atoms with Crippen LogP contribution in [0.3, 0.4) is 0 Å². The van der Waals surface area contributed by atoms with E-state index in [1.807, 2.05) is 36.6 Å². The predicted molar refractivity (Wildman–Crippen MR) is 100 cm³/mol. The Morgan fingerprint density at radius 2 is 1.88 bits per heavy atom. The number of thiazole rings is 1. The molecular formula is C20H16N2O2S. The van der Waals surface area contributed by atoms with E-state index in [1.54, 1.807) is 24.3 Å². The van der Waals surface area contributed by atoms with E-state index in [2.05, 4.69) is 11.1 Å². The van der Waals surface area contributed by atoms with Crippen molar-refractivity contribution in [3.63, 3.8) is 0 Å². The van der Waals surface area contributed by atoms with Gasteiger partial charge in [0.25, 0.3) is 0 Å². The average Bonchev–Trinajstić information content (AvgIpc) is 3.12. The SMILES string of the molecule is COc1ccccc1C(O)=C(C#N)c1nc(-c2ccccc2C)cs1. The van der Waals surface area contributed by atoms with Crippen molar-refractivity contribution in [2.24, 2.45) is 0 Å². The van der Waals surface area contributed by atoms with Gasteiger partial charge in [0.05, 0.1) is 18.4 Å². The third-order valence-corrected chi connectivity index (χ3v) is 4.71. The van der Waals surface area contributed by atoms with E-state index >= 15 is 0 Å². The summed E-state index contributed by atoms with van der Waals surface area (Å²) in [4.78, 5) is 4.55. The van der Waals surface area contributed by atoms with Crippen LogP contribution >= 0.6 is 11.3 Å². The summed E-state index contributed by atoms with van der Waals surface area (Å²) in [5.74, 6) is 0.370. The Bertz CT molecular complexity index is 983. The number of methoxy groups -OCH3 is 1. The van der Waals surface area contributed by atoms with E-state index in [0.717, 1.165) is 16.8 Å². The first-order valence-corrected chi connectivity index (χ1v) is 8.52. The number of hydrogen-bond donors (Lipinski definition) is 1. The van der Waals surface area contributed by atoms with Crippen molar-refractivity contribution in [3.05, 3.63) is 70.0 Å². The molecule has 0 aliphatic heterocycles. The van der Waals surface area contributed by atoms with Crippen molar-refractivity contribution < 1.29 is 9.84 Å². The monoisotopic (exact) mass is 348 g/mol. The Morgan fingerprint density at radius 1 is 1.16 bits per heavy atom. The Labute approximate surface area is 150 Å². The molecule has 3 rings (SSSR count). The van der Waals surface area contributed by atoms with Gasteiger partial charge in [-0.2, -0.15) is 5.26 Å². The van der Waals surface area contributed by atoms with E-state index < -0.39 is 0 Å². The molecule has 1 N–H and O–H groups in total. The number of ether oxygens (including phenoxy) is 1. The van der Waals surface area contributed by atoms with Gasteiger partial charge in [0.2, 0.25) is 0 Å². The van der Waals surface area contributed by atoms with Crippen LogP contribution in [-0.4, -0.2) is 17.2 Å². The van der Waals surface area contributed by atoms with Crippen LogP contribution in [-0.2, 0) is 0 Å². The molecule has 0 aliphatic carbocycles. The molecule has 3 aromatic rings. The molecule has 1 heterocycles. The van der Waals surface area contributed by atoms with Crippen LogP contribution in [0.1, 0.15) is 16.1 Å². The maximum atomic E-state index is 10.6. The standard InChI is InChI=1S/C20H16N2O2S/c1-13-7-3-4-8-14(13)17-12-25-20(22-17)16(11-21)19(23)15-9-5-6-10-18(15)24-2/h3-10,12,23H,1-2H3. The molecule has 0 fully saturated rings. The topological polar surface area (TPSA) is 66.1 Å². The molecule has 0 bridgehead atoms. The number of allylic oxidation sites excluding steroid dienone is 1. The van der Waals surface area contributed by atoms with Gasteiger partial charge in [-0.25, -0.2) is 4.98 Å². The number of benzene rings is 2. The summed E-state index contributed by atoms with van der Waals surface area (Å²) in [7, 11) is 1.53. The van der Waals surface area contributed by atoms with Crippen LogP contribution in [0.15, 0.2) is 53.9 Å². The van der Waals surface area contributed by atoms with E-state index in [4.69, 9.17) is 4.74 Å². The van der Waals surface area contributed by atoms with Crippen molar-refractivity contribution in [1.82, 2.24) is 4.98 Å². The van der Waals surface area contributed by atoms with Crippen molar-refractivity contribution >= 4 is 22.7 Å². The molecule has 0 radical (unpaired) electrons. The second kappa shape index (κ2) is 7.20. The molecule has 2 aromatic carbocycles. The number of nitriles is 1. The minimum Gasteiger partial charge on any atom is -0.506 e. The van der Waals surface area contributed by atoms with Crippen molar-refractivity contribution in [2.75, 3.05) is 7.11 Å². The molecule has 0 saturated heterocycles. The highest BCUT2D eigenvalue weighted by Gasteiger charge is 2.18. The van der Waals surface area contributed by atoms with Gasteiger partial charge in [0.1, 0.15) is 28.2 Å². The fourth-order valence-electron chi connectivity index (χ4n) is 2.55. The summed E-state index contributed by atoms with van der Waals surface area (Å²) in [6, 6.07) is 17.0. The first-order valence-electron chi connectivity index (χ1n) is 7.64. The summed E-state index contributed by atoms with van der Waals surface area (Å²) in [6.07, 6.45) is 0. The number of para-hydroxylation sites is 1. The zero-order valence-electron chi connectivity index (χ0n) is 13.9. The number of aromatic nitrogens is 1. The van der Waals surface area contributed by atoms with E-state index in [1.165, 1.54) is 18.4 Å². The Balaban J connectivity index is 2.08. The van der Waals surface area contributed by atoms with Gasteiger partial charge in [0.15, 0.2) is 0 Å². The lowest BCUT2D eigenvalue weighted by Gasteiger charge is -2.08. The number of nitrogens with zero attached hydrogens (tertiary/aromatic N) is 2. The normalized spacial score (nSPS) is 11.6. The molecule has 124 valence electrons. The van der Waals surface area contributed by atoms with Crippen LogP contribution in [0.2, 0.25) is 0 Å². The first kappa shape index (κ1) is 16.7. The van der Waals surface area contributed by atoms with Crippen molar-refractivity contribution in [1.29, 1.82) is 5.26 Å². The summed E-state index contributed by atoms with van der Waals surface area (Å²) < 4.78 is 5.27. The molecule has 1 aromatic heterocycles. The second-order valence-corrected chi connectivity index (χ2v) is 6.25. The first-order chi connectivity index (χ1) is 12.2. The van der Waals surface area contributed by atoms with E-state index in [-0.39, 0.29) is 11.3 Å². The summed E-state index contributed by atoms with van der Waals surface area (Å²) in [6.45, 7) is 2.02. The Morgan fingerprint density at radius 3 is 2.60 bits per heavy atom. The molecular weight excluding hydrogens is 332 g/mol. The van der Waals surface area contributed by atoms with E-state index in [9.17, 15) is 10.4 Å². The fraction of sp³-hybridized carbons (Fsp3) is 0.100. The average molecular weight is 348 g/mol. The molecule has 0 unspecified atom stereocenters. The van der Waals surface area contributed by atoms with E-state index in [0.29, 0.717) is 16.3 Å². The molecule has 5 heteroatoms. The second-order valence-electron chi connectivity index (χ2n) is 5.39. The highest BCUT2D eigenvalue weighted by molar-refractivity contribution is 7.11. The van der Waals surface area contributed by atoms with Gasteiger partial charge in [-0.3, -0.25) is 0 Å². The molecule has 25 heavy (non-hydrogen) atoms. The highest BCUT2D eigenvalue weighted by Crippen LogP contribution is 2.33. The third-order valence-electron chi connectivity index (χ3n) is 3.85. The quantitative estimate of drug-likeness (QED) is 0.527. The van der Waals surface area contributed by atoms with Gasteiger partial charge in [-0.05, 0) is 24.6 Å². The predicted octanol–water partition coefficient (Wildman–Crippen LogP) is 5.08. The zero-order valence-corrected chi connectivity index (χ0v) is 14.7. The number of aryl methyl sites for hydroxylation is 1. The van der Waals surface area contributed by atoms with Gasteiger partial charge in [0, 0.05) is 10.9 Å². The van der Waals surface area contributed by atoms with Crippen LogP contribution in [0, 0.1) is 18.3 Å². The maximum Gasteiger partial charge on any atom is 0.147 e. The lowest BCUT2D eigenvalue weighted by atomic mass is 10.1. The zero-order chi connectivity index (χ0) is 17.8. The minimum atomic E-state index is -0.134. The lowest BCUT2D eigenvalue weighted by molar-refractivity contribution is 0.408. The molecule has 0 saturated carbocycles. The third kappa shape index (κ3) is 3.25. The highest BCUT2D eigenvalue weighted by atomic mass is 32.1. The van der Waals surface area contributed by atoms with Crippen LogP contribution in [0.5, 0.6) is 5.75 Å². The molecule has 0 amide bonds. The molecule has 0 aliphatic rings. The molecule has 0 spiro atoms. The smallest absolute Gasteiger partial charge is 0.147 e. The molecule has 4 nitrogen and oxygen atoms in total. The fourth-order valence-corrected chi connectivity index (χ4v) is 3.36. The van der Waals surface area contributed by atoms with Crippen molar-refractivity contribution in [3.8, 4) is 23.1 Å². The number of aliphatic hydroxyl groups is 1. The van der Waals surface area contributed by atoms with Gasteiger partial charge in [-0.1, -0.05) is 36.4 Å². The summed E-state index contributed by atoms with van der Waals surface area (Å²) in [5.41, 5.74) is 3.51. The van der Waals surface area contributed by atoms with Gasteiger partial charge in [-0.15, -0.1) is 11.3 Å². The van der Waals surface area contributed by atoms with Gasteiger partial charge >= 0.3 is 0 Å². The Hall–Kier alpha value is -3.10. The van der Waals surface area contributed by atoms with Crippen LogP contribution in [0.25, 0.3) is 22.6 Å². The number of rotatable bonds is 4. The number of hydrogen-bond acceptors (Lipinski definition) is 5. The van der Waals surface area contributed by atoms with Gasteiger partial charge < -0.3 is 9.84 Å². The Kier molecular flexibility index (Phi) is 4.82. The largest absolute Gasteiger partial charge is 0.506 e. The van der Waals surface area contributed by atoms with Crippen molar-refractivity contribution in [2.45, 2.75) is 6.92 Å². The summed E-state index contributed by atoms with van der Waals surface area (Å²) >= 11 is 1.33. The number of aliphatic hydroxyl groups excluding tert-OH is 1. The van der Waals surface area contributed by atoms with Crippen LogP contribution in [0.4, 0.5) is 0 Å². The van der Waals surface area contributed by atoms with Crippen LogP contribution < -0.4 is 4.74 Å². The summed E-state index contributed by atoms with van der Waals surface area (Å²) in [5, 5.41) is 22.6. The minimum absolute atomic E-state index is 0.134. The molecule has 0 atom stereocenters. The maximum absolute atomic E-state index is 10.6.